The molecule has 0 atom stereocenters. The summed E-state index contributed by atoms with van der Waals surface area (Å²) in [5, 5.41) is 3.89. The van der Waals surface area contributed by atoms with Crippen LogP contribution >= 0.6 is 11.3 Å². The first-order valence-electron chi connectivity index (χ1n) is 11.0. The summed E-state index contributed by atoms with van der Waals surface area (Å²) in [5.41, 5.74) is 2.91. The Labute approximate surface area is 197 Å². The highest BCUT2D eigenvalue weighted by molar-refractivity contribution is 7.21. The summed E-state index contributed by atoms with van der Waals surface area (Å²) in [7, 11) is 0. The van der Waals surface area contributed by atoms with Gasteiger partial charge in [-0.3, -0.25) is 4.79 Å². The van der Waals surface area contributed by atoms with Crippen LogP contribution in [0.4, 0.5) is 5.69 Å². The Kier molecular flexibility index (Phi) is 7.10. The Balaban J connectivity index is 1.69. The van der Waals surface area contributed by atoms with Crippen molar-refractivity contribution in [2.24, 2.45) is 0 Å². The van der Waals surface area contributed by atoms with Crippen molar-refractivity contribution in [3.63, 3.8) is 0 Å². The number of carbonyl (C=O) groups is 1. The SMILES string of the molecule is CCOc1cc(C(=O)Nc2ccccc2-c2nc3ccccc3s2)cc(OCC)c1OCC. The third-order valence-electron chi connectivity index (χ3n) is 4.87. The molecule has 7 heteroatoms. The molecule has 0 bridgehead atoms. The van der Waals surface area contributed by atoms with E-state index >= 15 is 0 Å². The Bertz CT molecular complexity index is 1210. The minimum atomic E-state index is -0.270. The number of anilines is 1. The van der Waals surface area contributed by atoms with Crippen LogP contribution in [0.2, 0.25) is 0 Å². The van der Waals surface area contributed by atoms with E-state index < -0.39 is 0 Å². The van der Waals surface area contributed by atoms with Gasteiger partial charge in [0.1, 0.15) is 5.01 Å². The number of ether oxygens (including phenoxy) is 3. The van der Waals surface area contributed by atoms with Crippen molar-refractivity contribution in [2.45, 2.75) is 20.8 Å². The number of aromatic nitrogens is 1. The number of nitrogens with one attached hydrogen (secondary N) is 1. The Hall–Kier alpha value is -3.58. The Morgan fingerprint density at radius 2 is 1.52 bits per heavy atom. The summed E-state index contributed by atoms with van der Waals surface area (Å²) >= 11 is 1.59. The Morgan fingerprint density at radius 3 is 2.18 bits per heavy atom. The van der Waals surface area contributed by atoms with Crippen LogP contribution in [-0.2, 0) is 0 Å². The maximum atomic E-state index is 13.3. The molecule has 0 saturated heterocycles. The zero-order valence-corrected chi connectivity index (χ0v) is 19.7. The lowest BCUT2D eigenvalue weighted by Gasteiger charge is -2.17. The van der Waals surface area contributed by atoms with Crippen molar-refractivity contribution in [1.29, 1.82) is 0 Å². The summed E-state index contributed by atoms with van der Waals surface area (Å²) in [6.45, 7) is 7.01. The Morgan fingerprint density at radius 1 is 0.879 bits per heavy atom. The maximum absolute atomic E-state index is 13.3. The van der Waals surface area contributed by atoms with E-state index in [-0.39, 0.29) is 5.91 Å². The van der Waals surface area contributed by atoms with E-state index in [2.05, 4.69) is 5.32 Å². The highest BCUT2D eigenvalue weighted by atomic mass is 32.1. The van der Waals surface area contributed by atoms with Crippen molar-refractivity contribution in [3.05, 3.63) is 66.2 Å². The van der Waals surface area contributed by atoms with Crippen molar-refractivity contribution in [2.75, 3.05) is 25.1 Å². The molecule has 0 aliphatic carbocycles. The number of fused-ring (bicyclic) bond motifs is 1. The van der Waals surface area contributed by atoms with Gasteiger partial charge in [-0.05, 0) is 57.2 Å². The average molecular weight is 463 g/mol. The van der Waals surface area contributed by atoms with Crippen molar-refractivity contribution >= 4 is 33.1 Å². The second-order valence-corrected chi connectivity index (χ2v) is 8.12. The molecule has 1 heterocycles. The molecule has 3 aromatic carbocycles. The van der Waals surface area contributed by atoms with Gasteiger partial charge in [0, 0.05) is 11.1 Å². The quantitative estimate of drug-likeness (QED) is 0.311. The molecule has 0 unspecified atom stereocenters. The summed E-state index contributed by atoms with van der Waals surface area (Å²) < 4.78 is 18.3. The second kappa shape index (κ2) is 10.4. The molecule has 1 amide bonds. The zero-order valence-electron chi connectivity index (χ0n) is 18.9. The van der Waals surface area contributed by atoms with E-state index in [0.29, 0.717) is 48.3 Å². The molecule has 6 nitrogen and oxygen atoms in total. The molecule has 0 spiro atoms. The third-order valence-corrected chi connectivity index (χ3v) is 5.94. The van der Waals surface area contributed by atoms with Crippen molar-refractivity contribution < 1.29 is 19.0 Å². The van der Waals surface area contributed by atoms with Gasteiger partial charge in [-0.2, -0.15) is 0 Å². The van der Waals surface area contributed by atoms with E-state index in [9.17, 15) is 4.79 Å². The predicted octanol–water partition coefficient (Wildman–Crippen LogP) is 6.41. The molecule has 4 aromatic rings. The van der Waals surface area contributed by atoms with Crippen LogP contribution in [0, 0.1) is 0 Å². The van der Waals surface area contributed by atoms with E-state index in [1.165, 1.54) is 0 Å². The van der Waals surface area contributed by atoms with Crippen LogP contribution in [0.3, 0.4) is 0 Å². The van der Waals surface area contributed by atoms with Crippen LogP contribution in [-0.4, -0.2) is 30.7 Å². The molecule has 170 valence electrons. The largest absolute Gasteiger partial charge is 0.490 e. The van der Waals surface area contributed by atoms with Crippen LogP contribution in [0.25, 0.3) is 20.8 Å². The first kappa shape index (κ1) is 22.6. The number of carbonyl (C=O) groups excluding carboxylic acids is 1. The van der Waals surface area contributed by atoms with Gasteiger partial charge in [0.15, 0.2) is 11.5 Å². The number of rotatable bonds is 9. The third kappa shape index (κ3) is 4.93. The standard InChI is InChI=1S/C26H26N2O4S/c1-4-30-21-15-17(16-22(31-5-2)24(21)32-6-3)25(29)27-19-12-8-7-11-18(19)26-28-20-13-9-10-14-23(20)33-26/h7-16H,4-6H2,1-3H3,(H,27,29). The molecule has 4 rings (SSSR count). The molecule has 0 saturated carbocycles. The highest BCUT2D eigenvalue weighted by Crippen LogP contribution is 2.40. The van der Waals surface area contributed by atoms with E-state index in [4.69, 9.17) is 19.2 Å². The lowest BCUT2D eigenvalue weighted by molar-refractivity contribution is 0.102. The minimum absolute atomic E-state index is 0.270. The van der Waals surface area contributed by atoms with Crippen molar-refractivity contribution in [3.8, 4) is 27.8 Å². The number of nitrogens with zero attached hydrogens (tertiary/aromatic N) is 1. The van der Waals surface area contributed by atoms with Crippen LogP contribution in [0.15, 0.2) is 60.7 Å². The van der Waals surface area contributed by atoms with Gasteiger partial charge in [-0.1, -0.05) is 24.3 Å². The summed E-state index contributed by atoms with van der Waals surface area (Å²) in [6, 6.07) is 19.0. The van der Waals surface area contributed by atoms with Gasteiger partial charge in [0.25, 0.3) is 5.91 Å². The predicted molar refractivity (Wildman–Crippen MR) is 133 cm³/mol. The molecule has 1 N–H and O–H groups in total. The van der Waals surface area contributed by atoms with Crippen LogP contribution in [0.5, 0.6) is 17.2 Å². The molecular weight excluding hydrogens is 436 g/mol. The smallest absolute Gasteiger partial charge is 0.255 e. The fourth-order valence-corrected chi connectivity index (χ4v) is 4.49. The van der Waals surface area contributed by atoms with Gasteiger partial charge < -0.3 is 19.5 Å². The van der Waals surface area contributed by atoms with E-state index in [1.807, 2.05) is 69.3 Å². The lowest BCUT2D eigenvalue weighted by Crippen LogP contribution is -2.14. The van der Waals surface area contributed by atoms with Gasteiger partial charge in [-0.25, -0.2) is 4.98 Å². The molecule has 0 fully saturated rings. The number of thiazole rings is 1. The molecule has 0 radical (unpaired) electrons. The monoisotopic (exact) mass is 462 g/mol. The normalized spacial score (nSPS) is 10.8. The first-order valence-corrected chi connectivity index (χ1v) is 11.8. The summed E-state index contributed by atoms with van der Waals surface area (Å²) in [5.74, 6) is 1.20. The molecule has 1 aromatic heterocycles. The number of benzene rings is 3. The number of hydrogen-bond acceptors (Lipinski definition) is 6. The highest BCUT2D eigenvalue weighted by Gasteiger charge is 2.20. The first-order chi connectivity index (χ1) is 16.1. The van der Waals surface area contributed by atoms with E-state index in [0.717, 1.165) is 20.8 Å². The van der Waals surface area contributed by atoms with Gasteiger partial charge in [-0.15, -0.1) is 11.3 Å². The molecule has 0 aliphatic rings. The minimum Gasteiger partial charge on any atom is -0.490 e. The average Bonchev–Trinajstić information content (AvgIpc) is 3.26. The fraction of sp³-hybridized carbons (Fsp3) is 0.231. The number of para-hydroxylation sites is 2. The number of hydrogen-bond donors (Lipinski definition) is 1. The van der Waals surface area contributed by atoms with Gasteiger partial charge in [0.2, 0.25) is 5.75 Å². The molecule has 33 heavy (non-hydrogen) atoms. The van der Waals surface area contributed by atoms with E-state index in [1.54, 1.807) is 23.5 Å². The van der Waals surface area contributed by atoms with Gasteiger partial charge in [0.05, 0.1) is 35.7 Å². The van der Waals surface area contributed by atoms with Crippen molar-refractivity contribution in [1.82, 2.24) is 4.98 Å². The molecular formula is C26H26N2O4S. The zero-order chi connectivity index (χ0) is 23.2. The second-order valence-electron chi connectivity index (χ2n) is 7.09. The lowest BCUT2D eigenvalue weighted by atomic mass is 10.1. The maximum Gasteiger partial charge on any atom is 0.255 e. The van der Waals surface area contributed by atoms with Crippen LogP contribution in [0.1, 0.15) is 31.1 Å². The molecule has 0 aliphatic heterocycles. The fourth-order valence-electron chi connectivity index (χ4n) is 3.48. The van der Waals surface area contributed by atoms with Crippen LogP contribution < -0.4 is 19.5 Å². The van der Waals surface area contributed by atoms with Gasteiger partial charge >= 0.3 is 0 Å². The summed E-state index contributed by atoms with van der Waals surface area (Å²) in [4.78, 5) is 18.0. The topological polar surface area (TPSA) is 69.7 Å². The summed E-state index contributed by atoms with van der Waals surface area (Å²) in [6.07, 6.45) is 0. The number of amides is 1.